The van der Waals surface area contributed by atoms with Gasteiger partial charge in [0.15, 0.2) is 0 Å². The van der Waals surface area contributed by atoms with Crippen molar-refractivity contribution < 1.29 is 9.59 Å². The summed E-state index contributed by atoms with van der Waals surface area (Å²) in [7, 11) is 0. The van der Waals surface area contributed by atoms with Crippen LogP contribution in [0.25, 0.3) is 0 Å². The second-order valence-electron chi connectivity index (χ2n) is 8.87. The number of rotatable bonds is 5. The maximum absolute atomic E-state index is 12.9. The fraction of sp³-hybridized carbons (Fsp3) is 0.900. The predicted octanol–water partition coefficient (Wildman–Crippen LogP) is 3.94. The van der Waals surface area contributed by atoms with Crippen LogP contribution in [0.15, 0.2) is 0 Å². The average molecular weight is 337 g/mol. The summed E-state index contributed by atoms with van der Waals surface area (Å²) in [6, 6.07) is 0.561. The molecule has 0 aromatic heterocycles. The molecule has 0 atom stereocenters. The molecule has 0 aromatic rings. The lowest BCUT2D eigenvalue weighted by molar-refractivity contribution is -0.148. The molecular weight excluding hydrogens is 300 g/mol. The molecule has 2 fully saturated rings. The Labute approximate surface area is 147 Å². The Bertz CT molecular complexity index is 403. The lowest BCUT2D eigenvalue weighted by atomic mass is 9.66. The molecule has 2 rings (SSSR count). The van der Waals surface area contributed by atoms with E-state index in [4.69, 9.17) is 0 Å². The Morgan fingerprint density at radius 2 is 0.917 bits per heavy atom. The fourth-order valence-corrected chi connectivity index (χ4v) is 3.79. The Kier molecular flexibility index (Phi) is 6.33. The summed E-state index contributed by atoms with van der Waals surface area (Å²) in [5.41, 5.74) is -1.47. The van der Waals surface area contributed by atoms with Gasteiger partial charge in [0.25, 0.3) is 0 Å². The third-order valence-electron chi connectivity index (χ3n) is 6.58. The molecular formula is C20H36N2O2. The molecule has 24 heavy (non-hydrogen) atoms. The van der Waals surface area contributed by atoms with E-state index in [1.54, 1.807) is 0 Å². The molecule has 138 valence electrons. The maximum Gasteiger partial charge on any atom is 0.226 e. The number of carbonyl (C=O) groups excluding carboxylic acids is 2. The van der Waals surface area contributed by atoms with Crippen LogP contribution in [-0.4, -0.2) is 23.9 Å². The van der Waals surface area contributed by atoms with Crippen molar-refractivity contribution >= 4 is 11.8 Å². The zero-order valence-electron chi connectivity index (χ0n) is 16.0. The van der Waals surface area contributed by atoms with Gasteiger partial charge in [-0.05, 0) is 25.7 Å². The van der Waals surface area contributed by atoms with Gasteiger partial charge in [0.05, 0.1) is 10.8 Å². The topological polar surface area (TPSA) is 58.2 Å². The monoisotopic (exact) mass is 336 g/mol. The van der Waals surface area contributed by atoms with Crippen molar-refractivity contribution in [2.24, 2.45) is 10.8 Å². The number of hydrogen-bond donors (Lipinski definition) is 2. The van der Waals surface area contributed by atoms with Crippen LogP contribution in [-0.2, 0) is 9.59 Å². The Balaban J connectivity index is 1.97. The minimum absolute atomic E-state index is 0.0122. The molecule has 2 N–H and O–H groups in total. The molecule has 0 spiro atoms. The van der Waals surface area contributed by atoms with E-state index in [2.05, 4.69) is 10.6 Å². The molecule has 4 nitrogen and oxygen atoms in total. The van der Waals surface area contributed by atoms with Crippen LogP contribution in [0.2, 0.25) is 0 Å². The van der Waals surface area contributed by atoms with Crippen molar-refractivity contribution in [2.45, 2.75) is 104 Å². The molecule has 0 bridgehead atoms. The van der Waals surface area contributed by atoms with Gasteiger partial charge in [0.2, 0.25) is 11.8 Å². The number of nitrogens with one attached hydrogen (secondary N) is 2. The molecule has 2 aliphatic rings. The van der Waals surface area contributed by atoms with Crippen molar-refractivity contribution in [1.29, 1.82) is 0 Å². The second-order valence-corrected chi connectivity index (χ2v) is 8.87. The minimum atomic E-state index is -0.733. The zero-order valence-corrected chi connectivity index (χ0v) is 16.0. The Morgan fingerprint density at radius 3 is 1.21 bits per heavy atom. The van der Waals surface area contributed by atoms with E-state index in [-0.39, 0.29) is 23.9 Å². The highest BCUT2D eigenvalue weighted by Crippen LogP contribution is 2.39. The maximum atomic E-state index is 12.9. The molecule has 2 amide bonds. The lowest BCUT2D eigenvalue weighted by Gasteiger charge is -2.41. The van der Waals surface area contributed by atoms with Crippen LogP contribution in [0.5, 0.6) is 0 Å². The Hall–Kier alpha value is -1.06. The van der Waals surface area contributed by atoms with E-state index in [1.165, 1.54) is 38.5 Å². The summed E-state index contributed by atoms with van der Waals surface area (Å²) >= 11 is 0. The standard InChI is InChI=1S/C20H36N2O2/c1-19(2,17(23)21-15-11-7-5-8-12-15)20(3,4)18(24)22-16-13-9-6-10-14-16/h15-16H,5-14H2,1-4H3,(H,21,23)(H,22,24). The first-order valence-corrected chi connectivity index (χ1v) is 9.87. The van der Waals surface area contributed by atoms with Gasteiger partial charge in [-0.25, -0.2) is 0 Å². The third kappa shape index (κ3) is 4.31. The summed E-state index contributed by atoms with van der Waals surface area (Å²) in [6.07, 6.45) is 11.6. The van der Waals surface area contributed by atoms with E-state index in [9.17, 15) is 9.59 Å². The third-order valence-corrected chi connectivity index (χ3v) is 6.58. The van der Waals surface area contributed by atoms with Gasteiger partial charge in [0, 0.05) is 12.1 Å². The van der Waals surface area contributed by atoms with Gasteiger partial charge in [-0.3, -0.25) is 9.59 Å². The minimum Gasteiger partial charge on any atom is -0.353 e. The van der Waals surface area contributed by atoms with Crippen molar-refractivity contribution in [3.63, 3.8) is 0 Å². The van der Waals surface area contributed by atoms with Crippen LogP contribution in [0.4, 0.5) is 0 Å². The normalized spacial score (nSPS) is 21.3. The van der Waals surface area contributed by atoms with E-state index in [1.807, 2.05) is 27.7 Å². The van der Waals surface area contributed by atoms with E-state index in [0.717, 1.165) is 25.7 Å². The predicted molar refractivity (Wildman–Crippen MR) is 97.6 cm³/mol. The van der Waals surface area contributed by atoms with Crippen LogP contribution < -0.4 is 10.6 Å². The van der Waals surface area contributed by atoms with Gasteiger partial charge in [-0.1, -0.05) is 66.2 Å². The molecule has 0 saturated heterocycles. The van der Waals surface area contributed by atoms with Gasteiger partial charge < -0.3 is 10.6 Å². The van der Waals surface area contributed by atoms with Gasteiger partial charge in [0.1, 0.15) is 0 Å². The highest BCUT2D eigenvalue weighted by Gasteiger charge is 2.49. The van der Waals surface area contributed by atoms with Gasteiger partial charge in [-0.2, -0.15) is 0 Å². The van der Waals surface area contributed by atoms with Crippen LogP contribution in [0.1, 0.15) is 91.9 Å². The van der Waals surface area contributed by atoms with Crippen molar-refractivity contribution in [1.82, 2.24) is 10.6 Å². The van der Waals surface area contributed by atoms with Gasteiger partial charge in [-0.15, -0.1) is 0 Å². The molecule has 4 heteroatoms. The first kappa shape index (κ1) is 19.3. The SMILES string of the molecule is CC(C)(C(=O)NC1CCCCC1)C(C)(C)C(=O)NC1CCCCC1. The largest absolute Gasteiger partial charge is 0.353 e. The van der Waals surface area contributed by atoms with Crippen molar-refractivity contribution in [2.75, 3.05) is 0 Å². The second kappa shape index (κ2) is 7.88. The zero-order chi connectivity index (χ0) is 17.8. The molecule has 2 aliphatic carbocycles. The average Bonchev–Trinajstić information content (AvgIpc) is 2.56. The molecule has 2 saturated carbocycles. The summed E-state index contributed by atoms with van der Waals surface area (Å²) in [4.78, 5) is 25.8. The Morgan fingerprint density at radius 1 is 0.625 bits per heavy atom. The lowest BCUT2D eigenvalue weighted by Crippen LogP contribution is -2.56. The number of hydrogen-bond acceptors (Lipinski definition) is 2. The van der Waals surface area contributed by atoms with E-state index < -0.39 is 10.8 Å². The van der Waals surface area contributed by atoms with Crippen molar-refractivity contribution in [3.05, 3.63) is 0 Å². The fourth-order valence-electron chi connectivity index (χ4n) is 3.79. The number of carbonyl (C=O) groups is 2. The summed E-state index contributed by atoms with van der Waals surface area (Å²) < 4.78 is 0. The molecule has 0 radical (unpaired) electrons. The first-order valence-electron chi connectivity index (χ1n) is 9.87. The smallest absolute Gasteiger partial charge is 0.226 e. The van der Waals surface area contributed by atoms with E-state index in [0.29, 0.717) is 0 Å². The number of amides is 2. The van der Waals surface area contributed by atoms with Crippen LogP contribution >= 0.6 is 0 Å². The summed E-state index contributed by atoms with van der Waals surface area (Å²) in [5, 5.41) is 6.41. The molecule has 0 aliphatic heterocycles. The van der Waals surface area contributed by atoms with Crippen molar-refractivity contribution in [3.8, 4) is 0 Å². The molecule has 0 unspecified atom stereocenters. The highest BCUT2D eigenvalue weighted by molar-refractivity contribution is 5.92. The molecule has 0 aromatic carbocycles. The highest BCUT2D eigenvalue weighted by atomic mass is 16.2. The summed E-state index contributed by atoms with van der Waals surface area (Å²) in [6.45, 7) is 7.63. The van der Waals surface area contributed by atoms with Gasteiger partial charge >= 0.3 is 0 Å². The van der Waals surface area contributed by atoms with E-state index >= 15 is 0 Å². The summed E-state index contributed by atoms with van der Waals surface area (Å²) in [5.74, 6) is 0.0244. The quantitative estimate of drug-likeness (QED) is 0.799. The first-order chi connectivity index (χ1) is 11.2. The molecule has 0 heterocycles. The van der Waals surface area contributed by atoms with Crippen LogP contribution in [0.3, 0.4) is 0 Å². The van der Waals surface area contributed by atoms with Crippen LogP contribution in [0, 0.1) is 10.8 Å².